The summed E-state index contributed by atoms with van der Waals surface area (Å²) in [7, 11) is 0. The number of nitro benzene ring substituents is 1. The van der Waals surface area contributed by atoms with Gasteiger partial charge in [-0.05, 0) is 12.0 Å². The molecular formula is C15H14N6O3. The fourth-order valence-electron chi connectivity index (χ4n) is 3.32. The van der Waals surface area contributed by atoms with E-state index in [2.05, 4.69) is 20.3 Å². The molecule has 9 heteroatoms. The molecular weight excluding hydrogens is 312 g/mol. The third-order valence-corrected chi connectivity index (χ3v) is 4.33. The van der Waals surface area contributed by atoms with Crippen molar-refractivity contribution in [3.8, 4) is 0 Å². The number of nitrogens with zero attached hydrogens (tertiary/aromatic N) is 2. The third-order valence-electron chi connectivity index (χ3n) is 4.33. The van der Waals surface area contributed by atoms with Gasteiger partial charge in [0.2, 0.25) is 0 Å². The van der Waals surface area contributed by atoms with E-state index in [1.165, 1.54) is 6.07 Å². The normalized spacial score (nSPS) is 17.3. The first-order chi connectivity index (χ1) is 11.6. The smallest absolute Gasteiger partial charge is 0.293 e. The van der Waals surface area contributed by atoms with Crippen LogP contribution in [0.25, 0.3) is 10.9 Å². The van der Waals surface area contributed by atoms with Crippen LogP contribution in [0.5, 0.6) is 0 Å². The summed E-state index contributed by atoms with van der Waals surface area (Å²) in [6.07, 6.45) is 2.27. The molecule has 0 saturated heterocycles. The SMILES string of the molecule is Nc1ncc(C2CCNC(=O)c3[nH]c4c([N+](=O)[O-])cccc4c32)[nH]1. The number of aromatic amines is 2. The number of imidazole rings is 1. The van der Waals surface area contributed by atoms with Crippen LogP contribution < -0.4 is 11.1 Å². The second-order valence-electron chi connectivity index (χ2n) is 5.69. The van der Waals surface area contributed by atoms with Gasteiger partial charge in [-0.25, -0.2) is 4.98 Å². The summed E-state index contributed by atoms with van der Waals surface area (Å²) in [5, 5.41) is 14.8. The molecule has 3 heterocycles. The number of non-ortho nitro benzene ring substituents is 1. The Kier molecular flexibility index (Phi) is 3.02. The minimum Gasteiger partial charge on any atom is -0.369 e. The first-order valence-electron chi connectivity index (χ1n) is 7.44. The molecule has 122 valence electrons. The van der Waals surface area contributed by atoms with Gasteiger partial charge in [-0.15, -0.1) is 0 Å². The standard InChI is InChI=1S/C15H14N6O3/c16-15-18-6-9(19-15)7-4-5-17-14(22)13-11(7)8-2-1-3-10(21(23)24)12(8)20-13/h1-3,6-7,20H,4-5H2,(H,17,22)(H3,16,18,19). The van der Waals surface area contributed by atoms with Crippen LogP contribution in [-0.4, -0.2) is 32.3 Å². The van der Waals surface area contributed by atoms with Gasteiger partial charge >= 0.3 is 0 Å². The first kappa shape index (κ1) is 14.2. The van der Waals surface area contributed by atoms with Crippen molar-refractivity contribution < 1.29 is 9.72 Å². The predicted molar refractivity (Wildman–Crippen MR) is 86.7 cm³/mol. The van der Waals surface area contributed by atoms with E-state index in [-0.39, 0.29) is 17.5 Å². The number of hydrogen-bond donors (Lipinski definition) is 4. The predicted octanol–water partition coefficient (Wildman–Crippen LogP) is 1.65. The van der Waals surface area contributed by atoms with Crippen molar-refractivity contribution in [2.75, 3.05) is 12.3 Å². The summed E-state index contributed by atoms with van der Waals surface area (Å²) < 4.78 is 0. The van der Waals surface area contributed by atoms with Gasteiger partial charge in [0, 0.05) is 29.6 Å². The second-order valence-corrected chi connectivity index (χ2v) is 5.69. The number of aromatic nitrogens is 3. The zero-order valence-electron chi connectivity index (χ0n) is 12.5. The lowest BCUT2D eigenvalue weighted by Gasteiger charge is -2.13. The number of H-pyrrole nitrogens is 2. The minimum atomic E-state index is -0.459. The number of nitrogens with two attached hydrogens (primary N) is 1. The maximum atomic E-state index is 12.4. The van der Waals surface area contributed by atoms with E-state index >= 15 is 0 Å². The molecule has 0 aliphatic carbocycles. The van der Waals surface area contributed by atoms with Gasteiger partial charge in [-0.3, -0.25) is 14.9 Å². The zero-order chi connectivity index (χ0) is 16.8. The number of amides is 1. The fraction of sp³-hybridized carbons (Fsp3) is 0.200. The van der Waals surface area contributed by atoms with E-state index in [0.717, 1.165) is 11.3 Å². The van der Waals surface area contributed by atoms with Crippen LogP contribution in [0.4, 0.5) is 11.6 Å². The Morgan fingerprint density at radius 1 is 1.33 bits per heavy atom. The van der Waals surface area contributed by atoms with Crippen molar-refractivity contribution >= 4 is 28.4 Å². The fourth-order valence-corrected chi connectivity index (χ4v) is 3.32. The lowest BCUT2D eigenvalue weighted by atomic mass is 9.91. The molecule has 0 saturated carbocycles. The Morgan fingerprint density at radius 3 is 2.88 bits per heavy atom. The molecule has 9 nitrogen and oxygen atoms in total. The largest absolute Gasteiger partial charge is 0.369 e. The van der Waals surface area contributed by atoms with Crippen LogP contribution in [0.15, 0.2) is 24.4 Å². The van der Waals surface area contributed by atoms with Crippen LogP contribution >= 0.6 is 0 Å². The summed E-state index contributed by atoms with van der Waals surface area (Å²) in [4.78, 5) is 33.2. The Balaban J connectivity index is 2.02. The molecule has 2 aromatic heterocycles. The molecule has 0 radical (unpaired) electrons. The van der Waals surface area contributed by atoms with E-state index < -0.39 is 4.92 Å². The molecule has 4 rings (SSSR count). The Bertz CT molecular complexity index is 973. The van der Waals surface area contributed by atoms with E-state index in [1.807, 2.05) is 0 Å². The number of nitro groups is 1. The third kappa shape index (κ3) is 2.02. The molecule has 1 unspecified atom stereocenters. The monoisotopic (exact) mass is 326 g/mol. The van der Waals surface area contributed by atoms with Crippen LogP contribution in [0.2, 0.25) is 0 Å². The van der Waals surface area contributed by atoms with Crippen LogP contribution in [0, 0.1) is 10.1 Å². The number of anilines is 1. The molecule has 1 aromatic carbocycles. The number of carbonyl (C=O) groups excluding carboxylic acids is 1. The van der Waals surface area contributed by atoms with Gasteiger partial charge in [0.15, 0.2) is 5.95 Å². The van der Waals surface area contributed by atoms with E-state index in [9.17, 15) is 14.9 Å². The molecule has 1 atom stereocenters. The Morgan fingerprint density at radius 2 is 2.17 bits per heavy atom. The molecule has 1 amide bonds. The number of carbonyl (C=O) groups is 1. The van der Waals surface area contributed by atoms with Gasteiger partial charge in [-0.1, -0.05) is 12.1 Å². The highest BCUT2D eigenvalue weighted by molar-refractivity contribution is 6.04. The van der Waals surface area contributed by atoms with Crippen molar-refractivity contribution in [1.82, 2.24) is 20.3 Å². The van der Waals surface area contributed by atoms with Crippen LogP contribution in [-0.2, 0) is 0 Å². The van der Waals surface area contributed by atoms with Crippen molar-refractivity contribution in [3.05, 3.63) is 51.5 Å². The van der Waals surface area contributed by atoms with Gasteiger partial charge in [0.05, 0.1) is 11.1 Å². The minimum absolute atomic E-state index is 0.0590. The maximum absolute atomic E-state index is 12.4. The summed E-state index contributed by atoms with van der Waals surface area (Å²) >= 11 is 0. The van der Waals surface area contributed by atoms with Crippen molar-refractivity contribution in [1.29, 1.82) is 0 Å². The Hall–Kier alpha value is -3.36. The van der Waals surface area contributed by atoms with Crippen molar-refractivity contribution in [2.45, 2.75) is 12.3 Å². The van der Waals surface area contributed by atoms with Crippen molar-refractivity contribution in [2.24, 2.45) is 0 Å². The number of rotatable bonds is 2. The number of fused-ring (bicyclic) bond motifs is 3. The number of benzene rings is 1. The lowest BCUT2D eigenvalue weighted by Crippen LogP contribution is -2.23. The highest BCUT2D eigenvalue weighted by Crippen LogP contribution is 2.39. The maximum Gasteiger partial charge on any atom is 0.293 e. The molecule has 0 spiro atoms. The molecule has 0 fully saturated rings. The zero-order valence-corrected chi connectivity index (χ0v) is 12.5. The molecule has 1 aliphatic rings. The summed E-state index contributed by atoms with van der Waals surface area (Å²) in [6, 6.07) is 4.82. The van der Waals surface area contributed by atoms with Gasteiger partial charge < -0.3 is 21.0 Å². The lowest BCUT2D eigenvalue weighted by molar-refractivity contribution is -0.383. The highest BCUT2D eigenvalue weighted by Gasteiger charge is 2.31. The van der Waals surface area contributed by atoms with Crippen LogP contribution in [0.1, 0.15) is 34.1 Å². The molecule has 1 aliphatic heterocycles. The highest BCUT2D eigenvalue weighted by atomic mass is 16.6. The summed E-state index contributed by atoms with van der Waals surface area (Å²) in [5.74, 6) is -0.147. The average Bonchev–Trinajstić information content (AvgIpc) is 3.11. The van der Waals surface area contributed by atoms with Gasteiger partial charge in [0.1, 0.15) is 11.2 Å². The van der Waals surface area contributed by atoms with Crippen LogP contribution in [0.3, 0.4) is 0 Å². The van der Waals surface area contributed by atoms with Gasteiger partial charge in [0.25, 0.3) is 11.6 Å². The van der Waals surface area contributed by atoms with E-state index in [1.54, 1.807) is 18.3 Å². The number of hydrogen-bond acceptors (Lipinski definition) is 5. The number of nitrogens with one attached hydrogen (secondary N) is 3. The summed E-state index contributed by atoms with van der Waals surface area (Å²) in [6.45, 7) is 0.487. The van der Waals surface area contributed by atoms with Crippen molar-refractivity contribution in [3.63, 3.8) is 0 Å². The molecule has 5 N–H and O–H groups in total. The van der Waals surface area contributed by atoms with E-state index in [0.29, 0.717) is 35.5 Å². The second kappa shape index (κ2) is 5.08. The molecule has 0 bridgehead atoms. The average molecular weight is 326 g/mol. The van der Waals surface area contributed by atoms with Gasteiger partial charge in [-0.2, -0.15) is 0 Å². The first-order valence-corrected chi connectivity index (χ1v) is 7.44. The quantitative estimate of drug-likeness (QED) is 0.418. The topological polar surface area (TPSA) is 143 Å². The molecule has 3 aromatic rings. The number of para-hydroxylation sites is 1. The Labute approximate surface area is 135 Å². The molecule has 24 heavy (non-hydrogen) atoms. The summed E-state index contributed by atoms with van der Waals surface area (Å²) in [5.41, 5.74) is 7.81. The van der Waals surface area contributed by atoms with E-state index in [4.69, 9.17) is 5.73 Å². The number of nitrogen functional groups attached to an aromatic ring is 1.